The van der Waals surface area contributed by atoms with Crippen LogP contribution in [-0.4, -0.2) is 25.0 Å². The molecule has 0 fully saturated rings. The number of aromatic nitrogens is 1. The fraction of sp³-hybridized carbons (Fsp3) is 0.400. The Morgan fingerprint density at radius 2 is 2.29 bits per heavy atom. The minimum absolute atomic E-state index is 0.274. The molecule has 0 aliphatic carbocycles. The van der Waals surface area contributed by atoms with Gasteiger partial charge in [0.05, 0.1) is 0 Å². The van der Waals surface area contributed by atoms with Gasteiger partial charge in [-0.15, -0.1) is 0 Å². The van der Waals surface area contributed by atoms with Crippen molar-refractivity contribution in [1.82, 2.24) is 4.98 Å². The van der Waals surface area contributed by atoms with Crippen LogP contribution in [-0.2, 0) is 16.1 Å². The van der Waals surface area contributed by atoms with Gasteiger partial charge in [0.15, 0.2) is 0 Å². The highest BCUT2D eigenvalue weighted by Gasteiger charge is 2.05. The van der Waals surface area contributed by atoms with E-state index >= 15 is 0 Å². The predicted molar refractivity (Wildman–Crippen MR) is 54.0 cm³/mol. The Balaban J connectivity index is 2.79. The number of anilines is 1. The van der Waals surface area contributed by atoms with Crippen molar-refractivity contribution in [3.8, 4) is 0 Å². The monoisotopic (exact) mass is 194 g/mol. The summed E-state index contributed by atoms with van der Waals surface area (Å²) in [6, 6.07) is 1.89. The Labute approximate surface area is 83.5 Å². The molecule has 0 aliphatic heterocycles. The first-order valence-corrected chi connectivity index (χ1v) is 4.35. The normalized spacial score (nSPS) is 9.64. The van der Waals surface area contributed by atoms with Crippen molar-refractivity contribution in [3.63, 3.8) is 0 Å². The highest BCUT2D eigenvalue weighted by molar-refractivity contribution is 5.66. The highest BCUT2D eigenvalue weighted by Crippen LogP contribution is 2.17. The molecule has 1 aromatic heterocycles. The smallest absolute Gasteiger partial charge is 0.302 e. The average Bonchev–Trinajstić information content (AvgIpc) is 2.15. The quantitative estimate of drug-likeness (QED) is 0.678. The molecule has 0 saturated carbocycles. The summed E-state index contributed by atoms with van der Waals surface area (Å²) < 4.78 is 4.91. The predicted octanol–water partition coefficient (Wildman–Crippen LogP) is 1.21. The molecule has 76 valence electrons. The molecule has 0 unspecified atom stereocenters. The lowest BCUT2D eigenvalue weighted by atomic mass is 10.2. The molecule has 4 nitrogen and oxygen atoms in total. The van der Waals surface area contributed by atoms with Crippen molar-refractivity contribution in [2.45, 2.75) is 13.5 Å². The Kier molecular flexibility index (Phi) is 3.45. The third-order valence-corrected chi connectivity index (χ3v) is 1.79. The lowest BCUT2D eigenvalue weighted by Crippen LogP contribution is -2.12. The first kappa shape index (κ1) is 10.5. The Hall–Kier alpha value is -1.58. The number of ether oxygens (including phenoxy) is 1. The molecular formula is C10H14N2O2. The van der Waals surface area contributed by atoms with Gasteiger partial charge in [0, 0.05) is 44.7 Å². The lowest BCUT2D eigenvalue weighted by Gasteiger charge is -2.16. The minimum atomic E-state index is -0.279. The molecule has 14 heavy (non-hydrogen) atoms. The lowest BCUT2D eigenvalue weighted by molar-refractivity contribution is -0.142. The molecular weight excluding hydrogens is 180 g/mol. The van der Waals surface area contributed by atoms with Crippen molar-refractivity contribution in [1.29, 1.82) is 0 Å². The maximum atomic E-state index is 10.6. The number of esters is 1. The van der Waals surface area contributed by atoms with Crippen LogP contribution in [0.4, 0.5) is 5.69 Å². The molecule has 0 atom stereocenters. The van der Waals surface area contributed by atoms with Gasteiger partial charge in [0.25, 0.3) is 0 Å². The number of hydrogen-bond acceptors (Lipinski definition) is 4. The average molecular weight is 194 g/mol. The minimum Gasteiger partial charge on any atom is -0.461 e. The fourth-order valence-electron chi connectivity index (χ4n) is 1.15. The van der Waals surface area contributed by atoms with Gasteiger partial charge in [-0.1, -0.05) is 0 Å². The second kappa shape index (κ2) is 4.60. The first-order valence-electron chi connectivity index (χ1n) is 4.35. The van der Waals surface area contributed by atoms with Crippen LogP contribution in [0.25, 0.3) is 0 Å². The molecule has 0 aliphatic rings. The second-order valence-electron chi connectivity index (χ2n) is 3.18. The molecule has 0 radical (unpaired) electrons. The molecule has 1 aromatic rings. The van der Waals surface area contributed by atoms with Gasteiger partial charge in [-0.2, -0.15) is 0 Å². The third-order valence-electron chi connectivity index (χ3n) is 1.79. The van der Waals surface area contributed by atoms with Crippen LogP contribution >= 0.6 is 0 Å². The largest absolute Gasteiger partial charge is 0.461 e. The van der Waals surface area contributed by atoms with Crippen molar-refractivity contribution in [2.75, 3.05) is 19.0 Å². The zero-order valence-corrected chi connectivity index (χ0v) is 8.65. The Bertz CT molecular complexity index is 324. The standard InChI is InChI=1S/C10H14N2O2/c1-8(13)14-7-9-6-11-5-4-10(9)12(2)3/h4-6H,7H2,1-3H3. The summed E-state index contributed by atoms with van der Waals surface area (Å²) in [7, 11) is 3.87. The van der Waals surface area contributed by atoms with Crippen LogP contribution in [0.3, 0.4) is 0 Å². The maximum absolute atomic E-state index is 10.6. The van der Waals surface area contributed by atoms with Crippen molar-refractivity contribution in [2.24, 2.45) is 0 Å². The highest BCUT2D eigenvalue weighted by atomic mass is 16.5. The Morgan fingerprint density at radius 3 is 2.86 bits per heavy atom. The van der Waals surface area contributed by atoms with Gasteiger partial charge in [-0.05, 0) is 6.07 Å². The van der Waals surface area contributed by atoms with E-state index in [9.17, 15) is 4.79 Å². The fourth-order valence-corrected chi connectivity index (χ4v) is 1.15. The molecule has 4 heteroatoms. The van der Waals surface area contributed by atoms with Gasteiger partial charge >= 0.3 is 5.97 Å². The van der Waals surface area contributed by atoms with E-state index in [4.69, 9.17) is 4.74 Å². The molecule has 0 N–H and O–H groups in total. The summed E-state index contributed by atoms with van der Waals surface area (Å²) in [6.45, 7) is 1.67. The topological polar surface area (TPSA) is 42.4 Å². The molecule has 0 amide bonds. The van der Waals surface area contributed by atoms with E-state index in [0.717, 1.165) is 11.3 Å². The van der Waals surface area contributed by atoms with E-state index < -0.39 is 0 Å². The summed E-state index contributed by atoms with van der Waals surface area (Å²) in [4.78, 5) is 16.6. The van der Waals surface area contributed by atoms with Gasteiger partial charge in [-0.3, -0.25) is 9.78 Å². The number of carbonyl (C=O) groups is 1. The van der Waals surface area contributed by atoms with Crippen LogP contribution in [0.5, 0.6) is 0 Å². The van der Waals surface area contributed by atoms with Crippen LogP contribution in [0.15, 0.2) is 18.5 Å². The zero-order chi connectivity index (χ0) is 10.6. The third kappa shape index (κ3) is 2.73. The van der Waals surface area contributed by atoms with Gasteiger partial charge in [-0.25, -0.2) is 0 Å². The van der Waals surface area contributed by atoms with E-state index in [0.29, 0.717) is 0 Å². The summed E-state index contributed by atoms with van der Waals surface area (Å²) in [5.41, 5.74) is 1.92. The van der Waals surface area contributed by atoms with E-state index in [1.165, 1.54) is 6.92 Å². The zero-order valence-electron chi connectivity index (χ0n) is 8.65. The molecule has 0 aromatic carbocycles. The maximum Gasteiger partial charge on any atom is 0.302 e. The van der Waals surface area contributed by atoms with Crippen LogP contribution < -0.4 is 4.90 Å². The number of hydrogen-bond donors (Lipinski definition) is 0. The summed E-state index contributed by atoms with van der Waals surface area (Å²) in [5, 5.41) is 0. The van der Waals surface area contributed by atoms with E-state index in [1.54, 1.807) is 12.4 Å². The van der Waals surface area contributed by atoms with Crippen LogP contribution in [0, 0.1) is 0 Å². The molecule has 0 spiro atoms. The van der Waals surface area contributed by atoms with Crippen LogP contribution in [0.1, 0.15) is 12.5 Å². The Morgan fingerprint density at radius 1 is 1.57 bits per heavy atom. The summed E-state index contributed by atoms with van der Waals surface area (Å²) in [6.07, 6.45) is 3.42. The number of nitrogens with zero attached hydrogens (tertiary/aromatic N) is 2. The summed E-state index contributed by atoms with van der Waals surface area (Å²) >= 11 is 0. The van der Waals surface area contributed by atoms with Crippen molar-refractivity contribution >= 4 is 11.7 Å². The molecule has 0 saturated heterocycles. The van der Waals surface area contributed by atoms with Crippen molar-refractivity contribution < 1.29 is 9.53 Å². The van der Waals surface area contributed by atoms with Gasteiger partial charge in [0.1, 0.15) is 6.61 Å². The van der Waals surface area contributed by atoms with E-state index in [1.807, 2.05) is 25.1 Å². The molecule has 0 bridgehead atoms. The molecule has 1 rings (SSSR count). The second-order valence-corrected chi connectivity index (χ2v) is 3.18. The SMILES string of the molecule is CC(=O)OCc1cnccc1N(C)C. The number of carbonyl (C=O) groups excluding carboxylic acids is 1. The summed E-state index contributed by atoms with van der Waals surface area (Å²) in [5.74, 6) is -0.279. The van der Waals surface area contributed by atoms with Gasteiger partial charge in [0.2, 0.25) is 0 Å². The van der Waals surface area contributed by atoms with E-state index in [2.05, 4.69) is 4.98 Å². The number of pyridine rings is 1. The first-order chi connectivity index (χ1) is 6.61. The number of rotatable bonds is 3. The van der Waals surface area contributed by atoms with Crippen LogP contribution in [0.2, 0.25) is 0 Å². The van der Waals surface area contributed by atoms with Gasteiger partial charge < -0.3 is 9.64 Å². The van der Waals surface area contributed by atoms with E-state index in [-0.39, 0.29) is 12.6 Å². The van der Waals surface area contributed by atoms with Crippen molar-refractivity contribution in [3.05, 3.63) is 24.0 Å². The molecule has 1 heterocycles.